The number of hydrogen-bond acceptors (Lipinski definition) is 5. The number of rotatable bonds is 8. The van der Waals surface area contributed by atoms with E-state index in [1.165, 1.54) is 10.5 Å². The van der Waals surface area contributed by atoms with Crippen molar-refractivity contribution in [2.75, 3.05) is 0 Å². The fourth-order valence-corrected chi connectivity index (χ4v) is 2.74. The van der Waals surface area contributed by atoms with E-state index in [1.54, 1.807) is 11.8 Å². The first-order valence-electron chi connectivity index (χ1n) is 6.87. The van der Waals surface area contributed by atoms with Crippen LogP contribution in [-0.2, 0) is 17.0 Å². The van der Waals surface area contributed by atoms with Gasteiger partial charge in [0, 0.05) is 17.7 Å². The number of unbranched alkanes of at least 4 members (excludes halogenated alkanes) is 1. The van der Waals surface area contributed by atoms with E-state index < -0.39 is 5.97 Å². The lowest BCUT2D eigenvalue weighted by Crippen LogP contribution is -1.95. The summed E-state index contributed by atoms with van der Waals surface area (Å²) in [6.07, 6.45) is 2.20. The summed E-state index contributed by atoms with van der Waals surface area (Å²) in [6.45, 7) is 2.08. The van der Waals surface area contributed by atoms with Crippen LogP contribution in [0.2, 0.25) is 0 Å². The number of benzene rings is 1. The molecule has 6 heteroatoms. The van der Waals surface area contributed by atoms with Crippen LogP contribution in [0.4, 0.5) is 0 Å². The van der Waals surface area contributed by atoms with Crippen LogP contribution in [0.25, 0.3) is 0 Å². The molecule has 0 fully saturated rings. The van der Waals surface area contributed by atoms with Gasteiger partial charge in [-0.3, -0.25) is 4.79 Å². The second-order valence-corrected chi connectivity index (χ2v) is 5.78. The van der Waals surface area contributed by atoms with Crippen LogP contribution in [0.1, 0.15) is 36.5 Å². The molecule has 0 radical (unpaired) electrons. The van der Waals surface area contributed by atoms with Gasteiger partial charge in [-0.15, -0.1) is 11.8 Å². The fourth-order valence-electron chi connectivity index (χ4n) is 1.86. The summed E-state index contributed by atoms with van der Waals surface area (Å²) >= 11 is 1.68. The monoisotopic (exact) mass is 306 g/mol. The second-order valence-electron chi connectivity index (χ2n) is 4.76. The van der Waals surface area contributed by atoms with E-state index in [2.05, 4.69) is 29.2 Å². The molecule has 1 heterocycles. The van der Waals surface area contributed by atoms with Crippen LogP contribution in [0.3, 0.4) is 0 Å². The Hall–Kier alpha value is -1.82. The minimum Gasteiger partial charge on any atom is -0.481 e. The maximum atomic E-state index is 10.4. The van der Waals surface area contributed by atoms with Gasteiger partial charge >= 0.3 is 5.97 Å². The van der Waals surface area contributed by atoms with E-state index in [-0.39, 0.29) is 6.42 Å². The highest BCUT2D eigenvalue weighted by Gasteiger charge is 2.08. The molecule has 0 spiro atoms. The van der Waals surface area contributed by atoms with Crippen molar-refractivity contribution in [3.8, 4) is 0 Å². The number of carboxylic acid groups (broad SMARTS) is 1. The number of thioether (sulfide) groups is 1. The SMILES string of the molecule is Cc1ccccc1SCc1noc(CCCCC(=O)O)n1. The lowest BCUT2D eigenvalue weighted by atomic mass is 10.2. The molecule has 0 saturated heterocycles. The maximum absolute atomic E-state index is 10.4. The first-order valence-corrected chi connectivity index (χ1v) is 7.85. The number of aryl methyl sites for hydroxylation is 2. The molecule has 112 valence electrons. The number of hydrogen-bond donors (Lipinski definition) is 1. The predicted molar refractivity (Wildman–Crippen MR) is 80.2 cm³/mol. The Labute approximate surface area is 127 Å². The molecule has 5 nitrogen and oxygen atoms in total. The summed E-state index contributed by atoms with van der Waals surface area (Å²) in [4.78, 5) is 15.9. The van der Waals surface area contributed by atoms with Crippen LogP contribution in [0.5, 0.6) is 0 Å². The van der Waals surface area contributed by atoms with E-state index in [0.29, 0.717) is 30.3 Å². The van der Waals surface area contributed by atoms with Gasteiger partial charge in [0.1, 0.15) is 0 Å². The highest BCUT2D eigenvalue weighted by Crippen LogP contribution is 2.24. The minimum atomic E-state index is -0.768. The molecule has 0 aliphatic rings. The second kappa shape index (κ2) is 7.83. The van der Waals surface area contributed by atoms with Crippen LogP contribution < -0.4 is 0 Å². The minimum absolute atomic E-state index is 0.185. The zero-order valence-electron chi connectivity index (χ0n) is 11.9. The van der Waals surface area contributed by atoms with Gasteiger partial charge in [-0.2, -0.15) is 4.98 Å². The van der Waals surface area contributed by atoms with Gasteiger partial charge in [0.25, 0.3) is 0 Å². The predicted octanol–water partition coefficient (Wildman–Crippen LogP) is 3.47. The van der Waals surface area contributed by atoms with Crippen molar-refractivity contribution in [1.29, 1.82) is 0 Å². The number of aliphatic carboxylic acids is 1. The van der Waals surface area contributed by atoms with Crippen LogP contribution >= 0.6 is 11.8 Å². The van der Waals surface area contributed by atoms with Crippen molar-refractivity contribution in [2.45, 2.75) is 43.3 Å². The van der Waals surface area contributed by atoms with Crippen molar-refractivity contribution in [1.82, 2.24) is 10.1 Å². The normalized spacial score (nSPS) is 10.7. The zero-order valence-corrected chi connectivity index (χ0v) is 12.7. The molecular weight excluding hydrogens is 288 g/mol. The average molecular weight is 306 g/mol. The first kappa shape index (κ1) is 15.6. The highest BCUT2D eigenvalue weighted by atomic mass is 32.2. The van der Waals surface area contributed by atoms with Gasteiger partial charge in [0.2, 0.25) is 5.89 Å². The smallest absolute Gasteiger partial charge is 0.303 e. The summed E-state index contributed by atoms with van der Waals surface area (Å²) in [6, 6.07) is 8.18. The van der Waals surface area contributed by atoms with Crippen molar-refractivity contribution < 1.29 is 14.4 Å². The first-order chi connectivity index (χ1) is 10.1. The van der Waals surface area contributed by atoms with E-state index in [4.69, 9.17) is 9.63 Å². The molecule has 0 atom stereocenters. The third kappa shape index (κ3) is 5.23. The van der Waals surface area contributed by atoms with Crippen molar-refractivity contribution >= 4 is 17.7 Å². The molecule has 1 aromatic carbocycles. The molecule has 0 saturated carbocycles. The van der Waals surface area contributed by atoms with Crippen molar-refractivity contribution in [3.63, 3.8) is 0 Å². The topological polar surface area (TPSA) is 76.2 Å². The summed E-state index contributed by atoms with van der Waals surface area (Å²) in [5.74, 6) is 1.16. The number of aromatic nitrogens is 2. The number of carboxylic acids is 1. The number of carbonyl (C=O) groups is 1. The lowest BCUT2D eigenvalue weighted by molar-refractivity contribution is -0.137. The van der Waals surface area contributed by atoms with Gasteiger partial charge in [0.15, 0.2) is 5.82 Å². The molecule has 21 heavy (non-hydrogen) atoms. The Balaban J connectivity index is 1.78. The highest BCUT2D eigenvalue weighted by molar-refractivity contribution is 7.98. The summed E-state index contributed by atoms with van der Waals surface area (Å²) in [5, 5.41) is 12.5. The van der Waals surface area contributed by atoms with E-state index in [9.17, 15) is 4.79 Å². The summed E-state index contributed by atoms with van der Waals surface area (Å²) < 4.78 is 5.17. The van der Waals surface area contributed by atoms with Crippen LogP contribution in [-0.4, -0.2) is 21.2 Å². The van der Waals surface area contributed by atoms with E-state index >= 15 is 0 Å². The van der Waals surface area contributed by atoms with Gasteiger partial charge in [0.05, 0.1) is 5.75 Å². The maximum Gasteiger partial charge on any atom is 0.303 e. The third-order valence-corrected chi connectivity index (χ3v) is 4.16. The van der Waals surface area contributed by atoms with Gasteiger partial charge < -0.3 is 9.63 Å². The quantitative estimate of drug-likeness (QED) is 0.594. The summed E-state index contributed by atoms with van der Waals surface area (Å²) in [5.41, 5.74) is 1.24. The molecule has 2 rings (SSSR count). The van der Waals surface area contributed by atoms with Crippen LogP contribution in [0.15, 0.2) is 33.7 Å². The molecule has 1 N–H and O–H groups in total. The Bertz CT molecular complexity index is 598. The number of nitrogens with zero attached hydrogens (tertiary/aromatic N) is 2. The van der Waals surface area contributed by atoms with Gasteiger partial charge in [-0.05, 0) is 31.4 Å². The van der Waals surface area contributed by atoms with E-state index in [0.717, 1.165) is 6.42 Å². The Morgan fingerprint density at radius 1 is 1.33 bits per heavy atom. The molecule has 2 aromatic rings. The van der Waals surface area contributed by atoms with E-state index in [1.807, 2.05) is 12.1 Å². The Kier molecular flexibility index (Phi) is 5.80. The third-order valence-electron chi connectivity index (χ3n) is 2.99. The van der Waals surface area contributed by atoms with Crippen LogP contribution in [0, 0.1) is 6.92 Å². The lowest BCUT2D eigenvalue weighted by Gasteiger charge is -2.01. The fraction of sp³-hybridized carbons (Fsp3) is 0.400. The Morgan fingerprint density at radius 3 is 2.90 bits per heavy atom. The molecule has 0 bridgehead atoms. The molecule has 0 unspecified atom stereocenters. The van der Waals surface area contributed by atoms with Crippen molar-refractivity contribution in [3.05, 3.63) is 41.5 Å². The van der Waals surface area contributed by atoms with Crippen molar-refractivity contribution in [2.24, 2.45) is 0 Å². The standard InChI is InChI=1S/C15H18N2O3S/c1-11-6-2-3-7-12(11)21-10-13-16-14(20-17-13)8-4-5-9-15(18)19/h2-3,6-7H,4-5,8-10H2,1H3,(H,18,19). The zero-order chi connectivity index (χ0) is 15.1. The summed E-state index contributed by atoms with van der Waals surface area (Å²) in [7, 11) is 0. The van der Waals surface area contributed by atoms with Gasteiger partial charge in [-0.1, -0.05) is 23.4 Å². The molecule has 1 aromatic heterocycles. The molecular formula is C15H18N2O3S. The Morgan fingerprint density at radius 2 is 2.14 bits per heavy atom. The average Bonchev–Trinajstić information content (AvgIpc) is 2.90. The largest absolute Gasteiger partial charge is 0.481 e. The molecule has 0 amide bonds. The van der Waals surface area contributed by atoms with Gasteiger partial charge in [-0.25, -0.2) is 0 Å². The molecule has 0 aliphatic carbocycles. The molecule has 0 aliphatic heterocycles.